The molecule has 1 aromatic carbocycles. The maximum absolute atomic E-state index is 11.1. The molecule has 1 aromatic heterocycles. The highest BCUT2D eigenvalue weighted by Gasteiger charge is 2.11. The van der Waals surface area contributed by atoms with Crippen molar-refractivity contribution in [2.75, 3.05) is 0 Å². The average Bonchev–Trinajstić information content (AvgIpc) is 2.38. The number of aldehydes is 1. The van der Waals surface area contributed by atoms with Gasteiger partial charge in [-0.25, -0.2) is 0 Å². The van der Waals surface area contributed by atoms with Crippen LogP contribution in [0.1, 0.15) is 17.0 Å². The number of hydrogen-bond acceptors (Lipinski definition) is 2. The molecule has 1 heterocycles. The third-order valence-corrected chi connectivity index (χ3v) is 2.89. The minimum absolute atomic E-state index is 0.142. The molecule has 0 amide bonds. The predicted molar refractivity (Wildman–Crippen MR) is 68.2 cm³/mol. The molecular formula is C14H12ClNO. The van der Waals surface area contributed by atoms with Gasteiger partial charge in [-0.3, -0.25) is 4.98 Å². The first-order chi connectivity index (χ1) is 8.29. The summed E-state index contributed by atoms with van der Waals surface area (Å²) in [7, 11) is 0. The Labute approximate surface area is 105 Å². The molecule has 0 radical (unpaired) electrons. The largest absolute Gasteiger partial charge is 0.303 e. The highest BCUT2D eigenvalue weighted by Crippen LogP contribution is 2.20. The maximum Gasteiger partial charge on any atom is 0.127 e. The normalized spacial score (nSPS) is 12.1. The highest BCUT2D eigenvalue weighted by molar-refractivity contribution is 6.30. The molecule has 86 valence electrons. The van der Waals surface area contributed by atoms with Crippen LogP contribution in [0.5, 0.6) is 0 Å². The summed E-state index contributed by atoms with van der Waals surface area (Å²) in [5.41, 5.74) is 2.04. The number of aromatic nitrogens is 1. The smallest absolute Gasteiger partial charge is 0.127 e. The quantitative estimate of drug-likeness (QED) is 0.774. The van der Waals surface area contributed by atoms with Crippen LogP contribution in [0, 0.1) is 0 Å². The molecule has 0 aliphatic rings. The van der Waals surface area contributed by atoms with Crippen LogP contribution < -0.4 is 0 Å². The molecule has 0 aliphatic carbocycles. The van der Waals surface area contributed by atoms with Crippen LogP contribution in [0.25, 0.3) is 0 Å². The third kappa shape index (κ3) is 3.14. The summed E-state index contributed by atoms with van der Waals surface area (Å²) in [6.45, 7) is 0. The molecule has 17 heavy (non-hydrogen) atoms. The molecular weight excluding hydrogens is 234 g/mol. The fraction of sp³-hybridized carbons (Fsp3) is 0.143. The summed E-state index contributed by atoms with van der Waals surface area (Å²) >= 11 is 5.82. The third-order valence-electron chi connectivity index (χ3n) is 2.64. The van der Waals surface area contributed by atoms with Gasteiger partial charge in [0.05, 0.1) is 0 Å². The Bertz CT molecular complexity index is 481. The molecule has 0 spiro atoms. The van der Waals surface area contributed by atoms with E-state index in [4.69, 9.17) is 11.6 Å². The van der Waals surface area contributed by atoms with Crippen LogP contribution in [-0.2, 0) is 11.2 Å². The van der Waals surface area contributed by atoms with Gasteiger partial charge in [-0.15, -0.1) is 0 Å². The van der Waals surface area contributed by atoms with Gasteiger partial charge >= 0.3 is 0 Å². The Morgan fingerprint density at radius 3 is 2.59 bits per heavy atom. The Balaban J connectivity index is 2.17. The van der Waals surface area contributed by atoms with Gasteiger partial charge in [0.25, 0.3) is 0 Å². The average molecular weight is 246 g/mol. The first-order valence-electron chi connectivity index (χ1n) is 5.39. The second-order valence-electron chi connectivity index (χ2n) is 3.86. The minimum atomic E-state index is -0.142. The van der Waals surface area contributed by atoms with E-state index in [9.17, 15) is 4.79 Å². The monoisotopic (exact) mass is 245 g/mol. The van der Waals surface area contributed by atoms with Gasteiger partial charge in [-0.2, -0.15) is 0 Å². The lowest BCUT2D eigenvalue weighted by atomic mass is 9.94. The van der Waals surface area contributed by atoms with Gasteiger partial charge in [0.15, 0.2) is 0 Å². The number of carbonyl (C=O) groups is 1. The number of rotatable bonds is 4. The van der Waals surface area contributed by atoms with E-state index in [0.717, 1.165) is 17.4 Å². The van der Waals surface area contributed by atoms with E-state index in [1.807, 2.05) is 24.3 Å². The van der Waals surface area contributed by atoms with E-state index >= 15 is 0 Å². The second kappa shape index (κ2) is 5.60. The molecule has 0 aliphatic heterocycles. The lowest BCUT2D eigenvalue weighted by Crippen LogP contribution is -2.04. The summed E-state index contributed by atoms with van der Waals surface area (Å²) in [5, 5.41) is 0.680. The van der Waals surface area contributed by atoms with Crippen molar-refractivity contribution in [3.63, 3.8) is 0 Å². The molecule has 0 N–H and O–H groups in total. The molecule has 3 heteroatoms. The van der Waals surface area contributed by atoms with Crippen molar-refractivity contribution in [2.45, 2.75) is 12.3 Å². The number of nitrogens with zero attached hydrogens (tertiary/aromatic N) is 1. The first-order valence-corrected chi connectivity index (χ1v) is 5.77. The molecule has 1 unspecified atom stereocenters. The van der Waals surface area contributed by atoms with Gasteiger partial charge in [0.2, 0.25) is 0 Å². The Morgan fingerprint density at radius 2 is 2.00 bits per heavy atom. The zero-order valence-corrected chi connectivity index (χ0v) is 9.97. The van der Waals surface area contributed by atoms with Crippen molar-refractivity contribution >= 4 is 17.9 Å². The molecule has 0 fully saturated rings. The lowest BCUT2D eigenvalue weighted by Gasteiger charge is -2.10. The summed E-state index contributed by atoms with van der Waals surface area (Å²) in [6.07, 6.45) is 5.14. The minimum Gasteiger partial charge on any atom is -0.303 e. The molecule has 1 atom stereocenters. The zero-order valence-electron chi connectivity index (χ0n) is 9.21. The van der Waals surface area contributed by atoms with Crippen LogP contribution in [0.2, 0.25) is 5.02 Å². The predicted octanol–water partition coefficient (Wildman–Crippen LogP) is 3.26. The van der Waals surface area contributed by atoms with Gasteiger partial charge in [-0.1, -0.05) is 29.8 Å². The van der Waals surface area contributed by atoms with Crippen molar-refractivity contribution in [1.82, 2.24) is 4.98 Å². The summed E-state index contributed by atoms with van der Waals surface area (Å²) in [6, 6.07) is 11.2. The lowest BCUT2D eigenvalue weighted by molar-refractivity contribution is -0.109. The Kier molecular flexibility index (Phi) is 3.89. The number of hydrogen-bond donors (Lipinski definition) is 0. The van der Waals surface area contributed by atoms with Crippen LogP contribution in [0.4, 0.5) is 0 Å². The van der Waals surface area contributed by atoms with Crippen molar-refractivity contribution < 1.29 is 4.79 Å². The van der Waals surface area contributed by atoms with E-state index in [-0.39, 0.29) is 5.92 Å². The number of carbonyl (C=O) groups excluding carboxylic acids is 1. The second-order valence-corrected chi connectivity index (χ2v) is 4.30. The number of benzene rings is 1. The summed E-state index contributed by atoms with van der Waals surface area (Å²) < 4.78 is 0. The summed E-state index contributed by atoms with van der Waals surface area (Å²) in [5.74, 6) is -0.142. The van der Waals surface area contributed by atoms with Gasteiger partial charge in [0.1, 0.15) is 6.29 Å². The van der Waals surface area contributed by atoms with Gasteiger partial charge < -0.3 is 4.79 Å². The Morgan fingerprint density at radius 1 is 1.24 bits per heavy atom. The van der Waals surface area contributed by atoms with E-state index in [0.29, 0.717) is 11.4 Å². The SMILES string of the molecule is O=CC(Cc1cccnc1)c1ccc(Cl)cc1. The van der Waals surface area contributed by atoms with Crippen LogP contribution >= 0.6 is 11.6 Å². The van der Waals surface area contributed by atoms with E-state index < -0.39 is 0 Å². The fourth-order valence-electron chi connectivity index (χ4n) is 1.73. The van der Waals surface area contributed by atoms with Gasteiger partial charge in [-0.05, 0) is 35.7 Å². The standard InChI is InChI=1S/C14H12ClNO/c15-14-5-3-12(4-6-14)13(10-17)8-11-2-1-7-16-9-11/h1-7,9-10,13H,8H2. The number of pyridine rings is 1. The van der Waals surface area contributed by atoms with E-state index in [1.165, 1.54) is 0 Å². The van der Waals surface area contributed by atoms with Crippen molar-refractivity contribution in [3.05, 3.63) is 64.9 Å². The van der Waals surface area contributed by atoms with Crippen LogP contribution in [0.3, 0.4) is 0 Å². The first kappa shape index (κ1) is 11.8. The highest BCUT2D eigenvalue weighted by atomic mass is 35.5. The van der Waals surface area contributed by atoms with Crippen molar-refractivity contribution in [1.29, 1.82) is 0 Å². The topological polar surface area (TPSA) is 30.0 Å². The van der Waals surface area contributed by atoms with Gasteiger partial charge in [0, 0.05) is 23.3 Å². The van der Waals surface area contributed by atoms with E-state index in [2.05, 4.69) is 4.98 Å². The molecule has 2 aromatic rings. The van der Waals surface area contributed by atoms with E-state index in [1.54, 1.807) is 24.5 Å². The fourth-order valence-corrected chi connectivity index (χ4v) is 1.85. The van der Waals surface area contributed by atoms with Crippen LogP contribution in [-0.4, -0.2) is 11.3 Å². The van der Waals surface area contributed by atoms with Crippen LogP contribution in [0.15, 0.2) is 48.8 Å². The molecule has 0 saturated heterocycles. The molecule has 0 bridgehead atoms. The summed E-state index contributed by atoms with van der Waals surface area (Å²) in [4.78, 5) is 15.2. The molecule has 2 nitrogen and oxygen atoms in total. The Hall–Kier alpha value is -1.67. The molecule has 2 rings (SSSR count). The van der Waals surface area contributed by atoms with Crippen molar-refractivity contribution in [2.24, 2.45) is 0 Å². The molecule has 0 saturated carbocycles. The maximum atomic E-state index is 11.1. The van der Waals surface area contributed by atoms with Crippen molar-refractivity contribution in [3.8, 4) is 0 Å². The number of halogens is 1. The zero-order chi connectivity index (χ0) is 12.1.